The summed E-state index contributed by atoms with van der Waals surface area (Å²) in [6.45, 7) is 6.89. The average Bonchev–Trinajstić information content (AvgIpc) is 3.21. The van der Waals surface area contributed by atoms with E-state index in [0.717, 1.165) is 56.9 Å². The normalized spacial score (nSPS) is 15.7. The van der Waals surface area contributed by atoms with E-state index in [1.807, 2.05) is 6.07 Å². The zero-order valence-electron chi connectivity index (χ0n) is 18.6. The summed E-state index contributed by atoms with van der Waals surface area (Å²) in [5.41, 5.74) is 2.48. The Hall–Kier alpha value is -1.56. The van der Waals surface area contributed by atoms with Gasteiger partial charge >= 0.3 is 0 Å². The van der Waals surface area contributed by atoms with Crippen molar-refractivity contribution in [3.63, 3.8) is 0 Å². The van der Waals surface area contributed by atoms with Crippen molar-refractivity contribution in [1.29, 1.82) is 0 Å². The van der Waals surface area contributed by atoms with Gasteiger partial charge in [-0.2, -0.15) is 0 Å². The van der Waals surface area contributed by atoms with Crippen molar-refractivity contribution in [3.05, 3.63) is 45.6 Å². The third-order valence-electron chi connectivity index (χ3n) is 5.35. The van der Waals surface area contributed by atoms with Gasteiger partial charge < -0.3 is 24.8 Å². The molecule has 0 radical (unpaired) electrons. The molecule has 2 N–H and O–H groups in total. The fraction of sp³-hybridized carbons (Fsp3) is 0.500. The predicted molar refractivity (Wildman–Crippen MR) is 137 cm³/mol. The number of hydrogen-bond acceptors (Lipinski definition) is 6. The lowest BCUT2D eigenvalue weighted by atomic mass is 10.0. The Balaban J connectivity index is 0.00000341. The van der Waals surface area contributed by atoms with Crippen LogP contribution in [0.5, 0.6) is 11.5 Å². The van der Waals surface area contributed by atoms with Crippen molar-refractivity contribution in [2.45, 2.75) is 19.5 Å². The molecule has 31 heavy (non-hydrogen) atoms. The van der Waals surface area contributed by atoms with Crippen LogP contribution in [0.1, 0.15) is 22.0 Å². The molecule has 0 saturated carbocycles. The Bertz CT molecular complexity index is 840. The van der Waals surface area contributed by atoms with E-state index >= 15 is 0 Å². The number of aryl methyl sites for hydroxylation is 1. The van der Waals surface area contributed by atoms with Crippen LogP contribution in [0.3, 0.4) is 0 Å². The van der Waals surface area contributed by atoms with Crippen LogP contribution in [0.4, 0.5) is 0 Å². The number of nitrogens with one attached hydrogen (secondary N) is 2. The molecule has 0 aliphatic carbocycles. The molecule has 0 bridgehead atoms. The molecule has 1 aromatic heterocycles. The van der Waals surface area contributed by atoms with Gasteiger partial charge in [-0.3, -0.25) is 9.89 Å². The number of morpholine rings is 1. The molecule has 1 atom stereocenters. The number of aliphatic imine (C=N–C) groups is 1. The van der Waals surface area contributed by atoms with Crippen molar-refractivity contribution >= 4 is 41.3 Å². The molecular formula is C22H33IN4O3S. The van der Waals surface area contributed by atoms with E-state index in [4.69, 9.17) is 14.2 Å². The van der Waals surface area contributed by atoms with Crippen molar-refractivity contribution in [3.8, 4) is 11.5 Å². The Morgan fingerprint density at radius 2 is 1.90 bits per heavy atom. The maximum absolute atomic E-state index is 5.56. The summed E-state index contributed by atoms with van der Waals surface area (Å²) in [6.07, 6.45) is 0. The van der Waals surface area contributed by atoms with Gasteiger partial charge in [-0.15, -0.1) is 35.3 Å². The Kier molecular flexibility index (Phi) is 10.9. The van der Waals surface area contributed by atoms with Gasteiger partial charge in [0.2, 0.25) is 0 Å². The fourth-order valence-corrected chi connectivity index (χ4v) is 4.42. The van der Waals surface area contributed by atoms with Gasteiger partial charge in [0.05, 0.1) is 40.0 Å². The molecular weight excluding hydrogens is 527 g/mol. The molecule has 3 rings (SSSR count). The molecule has 1 unspecified atom stereocenters. The van der Waals surface area contributed by atoms with Crippen molar-refractivity contribution < 1.29 is 14.2 Å². The van der Waals surface area contributed by atoms with Gasteiger partial charge in [0.1, 0.15) is 0 Å². The number of rotatable bonds is 8. The smallest absolute Gasteiger partial charge is 0.191 e. The molecule has 0 amide bonds. The molecule has 172 valence electrons. The van der Waals surface area contributed by atoms with Crippen LogP contribution in [-0.4, -0.2) is 65.0 Å². The number of hydrogen-bond donors (Lipinski definition) is 2. The summed E-state index contributed by atoms with van der Waals surface area (Å²) in [6, 6.07) is 8.44. The van der Waals surface area contributed by atoms with Crippen molar-refractivity contribution in [2.24, 2.45) is 4.99 Å². The second kappa shape index (κ2) is 13.1. The lowest BCUT2D eigenvalue weighted by molar-refractivity contribution is 0.0169. The summed E-state index contributed by atoms with van der Waals surface area (Å²) >= 11 is 1.76. The third-order valence-corrected chi connectivity index (χ3v) is 6.37. The maximum Gasteiger partial charge on any atom is 0.191 e. The van der Waals surface area contributed by atoms with Crippen LogP contribution in [0.15, 0.2) is 34.6 Å². The molecule has 9 heteroatoms. The quantitative estimate of drug-likeness (QED) is 0.293. The van der Waals surface area contributed by atoms with E-state index < -0.39 is 0 Å². The monoisotopic (exact) mass is 560 g/mol. The molecule has 7 nitrogen and oxygen atoms in total. The molecule has 1 aromatic carbocycles. The lowest BCUT2D eigenvalue weighted by Crippen LogP contribution is -2.46. The van der Waals surface area contributed by atoms with E-state index in [-0.39, 0.29) is 30.0 Å². The summed E-state index contributed by atoms with van der Waals surface area (Å²) < 4.78 is 16.5. The second-order valence-electron chi connectivity index (χ2n) is 7.11. The number of methoxy groups -OCH3 is 2. The summed E-state index contributed by atoms with van der Waals surface area (Å²) in [5.74, 6) is 2.27. The first-order valence-corrected chi connectivity index (χ1v) is 11.1. The number of guanidine groups is 1. The Labute approximate surface area is 206 Å². The Morgan fingerprint density at radius 1 is 1.16 bits per heavy atom. The van der Waals surface area contributed by atoms with Gasteiger partial charge in [-0.1, -0.05) is 6.07 Å². The van der Waals surface area contributed by atoms with Gasteiger partial charge in [0.25, 0.3) is 0 Å². The first-order valence-electron chi connectivity index (χ1n) is 10.2. The number of halogens is 1. The molecule has 1 aliphatic rings. The first-order chi connectivity index (χ1) is 14.7. The highest BCUT2D eigenvalue weighted by Crippen LogP contribution is 2.32. The standard InChI is InChI=1S/C22H32N4O3S.HI/c1-16-7-12-30-21(16)15-25-22(23-2)24-14-18(26-8-10-29-11-9-26)17-5-6-19(27-3)20(13-17)28-4;/h5-7,12-13,18H,8-11,14-15H2,1-4H3,(H2,23,24,25);1H. The van der Waals surface area contributed by atoms with Crippen LogP contribution in [-0.2, 0) is 11.3 Å². The summed E-state index contributed by atoms with van der Waals surface area (Å²) in [7, 11) is 5.13. The van der Waals surface area contributed by atoms with E-state index in [2.05, 4.69) is 51.0 Å². The zero-order valence-corrected chi connectivity index (χ0v) is 21.8. The summed E-state index contributed by atoms with van der Waals surface area (Å²) in [5, 5.41) is 9.05. The van der Waals surface area contributed by atoms with Crippen molar-refractivity contribution in [2.75, 3.05) is 54.1 Å². The third kappa shape index (κ3) is 6.96. The number of nitrogens with zero attached hydrogens (tertiary/aromatic N) is 2. The van der Waals surface area contributed by atoms with E-state index in [1.54, 1.807) is 32.6 Å². The zero-order chi connectivity index (χ0) is 21.3. The first kappa shape index (κ1) is 25.7. The van der Waals surface area contributed by atoms with Gasteiger partial charge in [-0.05, 0) is 41.6 Å². The molecule has 2 aromatic rings. The minimum atomic E-state index is 0. The van der Waals surface area contributed by atoms with Gasteiger partial charge in [-0.25, -0.2) is 0 Å². The minimum Gasteiger partial charge on any atom is -0.493 e. The molecule has 1 aliphatic heterocycles. The molecule has 2 heterocycles. The predicted octanol–water partition coefficient (Wildman–Crippen LogP) is 3.43. The lowest BCUT2D eigenvalue weighted by Gasteiger charge is -2.35. The highest BCUT2D eigenvalue weighted by Gasteiger charge is 2.24. The van der Waals surface area contributed by atoms with Gasteiger partial charge in [0.15, 0.2) is 17.5 Å². The number of thiophene rings is 1. The van der Waals surface area contributed by atoms with E-state index in [1.165, 1.54) is 16.0 Å². The van der Waals surface area contributed by atoms with Crippen LogP contribution >= 0.6 is 35.3 Å². The Morgan fingerprint density at radius 3 is 2.52 bits per heavy atom. The highest BCUT2D eigenvalue weighted by atomic mass is 127. The summed E-state index contributed by atoms with van der Waals surface area (Å²) in [4.78, 5) is 8.16. The highest BCUT2D eigenvalue weighted by molar-refractivity contribution is 14.0. The van der Waals surface area contributed by atoms with Gasteiger partial charge in [0, 0.05) is 31.6 Å². The largest absolute Gasteiger partial charge is 0.493 e. The van der Waals surface area contributed by atoms with Crippen molar-refractivity contribution in [1.82, 2.24) is 15.5 Å². The minimum absolute atomic E-state index is 0. The van der Waals surface area contributed by atoms with Crippen LogP contribution < -0.4 is 20.1 Å². The van der Waals surface area contributed by atoms with Crippen LogP contribution in [0.2, 0.25) is 0 Å². The van der Waals surface area contributed by atoms with E-state index in [0.29, 0.717) is 0 Å². The van der Waals surface area contributed by atoms with Crippen LogP contribution in [0.25, 0.3) is 0 Å². The molecule has 1 saturated heterocycles. The second-order valence-corrected chi connectivity index (χ2v) is 8.11. The molecule has 1 fully saturated rings. The number of ether oxygens (including phenoxy) is 3. The van der Waals surface area contributed by atoms with E-state index in [9.17, 15) is 0 Å². The van der Waals surface area contributed by atoms with Crippen LogP contribution in [0, 0.1) is 6.92 Å². The molecule has 0 spiro atoms. The average molecular weight is 561 g/mol. The fourth-order valence-electron chi connectivity index (χ4n) is 3.57. The number of benzene rings is 1. The topological polar surface area (TPSA) is 67.4 Å². The maximum atomic E-state index is 5.56. The SMILES string of the molecule is CN=C(NCc1sccc1C)NCC(c1ccc(OC)c(OC)c1)N1CCOCC1.I.